The molecule has 2 nitrogen and oxygen atoms in total. The molecule has 0 unspecified atom stereocenters. The molecule has 0 bridgehead atoms. The van der Waals surface area contributed by atoms with Crippen LogP contribution in [-0.4, -0.2) is 11.7 Å². The number of hydrogen-bond donors (Lipinski definition) is 1. The van der Waals surface area contributed by atoms with Gasteiger partial charge in [0.25, 0.3) is 0 Å². The Hall–Kier alpha value is -1.73. The van der Waals surface area contributed by atoms with E-state index in [1.807, 2.05) is 0 Å². The molecule has 0 aliphatic carbocycles. The van der Waals surface area contributed by atoms with Gasteiger partial charge in [-0.25, -0.2) is 4.39 Å². The van der Waals surface area contributed by atoms with E-state index in [0.717, 1.165) is 5.56 Å². The summed E-state index contributed by atoms with van der Waals surface area (Å²) in [5.74, 6) is 4.77. The van der Waals surface area contributed by atoms with Gasteiger partial charge in [0.05, 0.1) is 5.56 Å². The number of ether oxygens (including phenoxy) is 1. The maximum atomic E-state index is 13.7. The van der Waals surface area contributed by atoms with Gasteiger partial charge >= 0.3 is 0 Å². The molecule has 2 aromatic rings. The summed E-state index contributed by atoms with van der Waals surface area (Å²) in [6.45, 7) is -0.107. The smallest absolute Gasteiger partial charge is 0.142 e. The molecule has 0 aliphatic heterocycles. The van der Waals surface area contributed by atoms with E-state index in [1.54, 1.807) is 24.3 Å². The van der Waals surface area contributed by atoms with Crippen molar-refractivity contribution in [1.29, 1.82) is 0 Å². The SMILES string of the molecule is OCC#Cc1ccc(OCc2ccc(Cl)cc2Cl)cc1F. The highest BCUT2D eigenvalue weighted by Gasteiger charge is 2.05. The van der Waals surface area contributed by atoms with Crippen molar-refractivity contribution in [2.75, 3.05) is 6.61 Å². The summed E-state index contributed by atoms with van der Waals surface area (Å²) < 4.78 is 19.2. The van der Waals surface area contributed by atoms with Crippen LogP contribution in [0.2, 0.25) is 10.0 Å². The lowest BCUT2D eigenvalue weighted by Gasteiger charge is -2.08. The summed E-state index contributed by atoms with van der Waals surface area (Å²) in [5, 5.41) is 9.62. The Morgan fingerprint density at radius 2 is 1.95 bits per heavy atom. The van der Waals surface area contributed by atoms with E-state index in [0.29, 0.717) is 15.8 Å². The van der Waals surface area contributed by atoms with Crippen molar-refractivity contribution >= 4 is 23.2 Å². The molecular formula is C16H11Cl2FO2. The molecule has 0 atom stereocenters. The largest absolute Gasteiger partial charge is 0.489 e. The van der Waals surface area contributed by atoms with Gasteiger partial charge < -0.3 is 9.84 Å². The quantitative estimate of drug-likeness (QED) is 0.863. The first-order valence-electron chi connectivity index (χ1n) is 6.06. The van der Waals surface area contributed by atoms with Crippen LogP contribution >= 0.6 is 23.2 Å². The molecule has 2 aromatic carbocycles. The van der Waals surface area contributed by atoms with Gasteiger partial charge in [0.2, 0.25) is 0 Å². The van der Waals surface area contributed by atoms with E-state index >= 15 is 0 Å². The number of hydrogen-bond acceptors (Lipinski definition) is 2. The second kappa shape index (κ2) is 7.33. The molecule has 1 N–H and O–H groups in total. The van der Waals surface area contributed by atoms with E-state index in [2.05, 4.69) is 11.8 Å². The fourth-order valence-corrected chi connectivity index (χ4v) is 2.08. The summed E-state index contributed by atoms with van der Waals surface area (Å²) in [5.41, 5.74) is 0.964. The zero-order valence-corrected chi connectivity index (χ0v) is 12.4. The molecule has 0 amide bonds. The molecule has 0 saturated carbocycles. The van der Waals surface area contributed by atoms with Crippen LogP contribution in [0.4, 0.5) is 4.39 Å². The molecule has 0 aromatic heterocycles. The number of aliphatic hydroxyl groups excluding tert-OH is 1. The van der Waals surface area contributed by atoms with Crippen molar-refractivity contribution in [2.45, 2.75) is 6.61 Å². The topological polar surface area (TPSA) is 29.5 Å². The standard InChI is InChI=1S/C16H11Cl2FO2/c17-13-5-3-12(15(18)8-13)10-21-14-6-4-11(2-1-7-20)16(19)9-14/h3-6,8-9,20H,7,10H2. The van der Waals surface area contributed by atoms with Gasteiger partial charge in [0.15, 0.2) is 0 Å². The number of aliphatic hydroxyl groups is 1. The Kier molecular flexibility index (Phi) is 5.46. The molecule has 0 fully saturated rings. The maximum absolute atomic E-state index is 13.7. The lowest BCUT2D eigenvalue weighted by atomic mass is 10.2. The molecule has 0 aliphatic rings. The minimum Gasteiger partial charge on any atom is -0.489 e. The Labute approximate surface area is 132 Å². The third kappa shape index (κ3) is 4.37. The molecule has 0 spiro atoms. The zero-order valence-electron chi connectivity index (χ0n) is 10.9. The third-order valence-electron chi connectivity index (χ3n) is 2.65. The predicted molar refractivity (Wildman–Crippen MR) is 81.2 cm³/mol. The Morgan fingerprint density at radius 1 is 1.14 bits per heavy atom. The summed E-state index contributed by atoms with van der Waals surface area (Å²) in [4.78, 5) is 0. The fraction of sp³-hybridized carbons (Fsp3) is 0.125. The second-order valence-electron chi connectivity index (χ2n) is 4.13. The number of benzene rings is 2. The molecule has 21 heavy (non-hydrogen) atoms. The van der Waals surface area contributed by atoms with Crippen LogP contribution in [0, 0.1) is 17.7 Å². The first kappa shape index (κ1) is 15.7. The highest BCUT2D eigenvalue weighted by molar-refractivity contribution is 6.35. The Balaban J connectivity index is 2.08. The maximum Gasteiger partial charge on any atom is 0.142 e. The van der Waals surface area contributed by atoms with Crippen molar-refractivity contribution in [3.63, 3.8) is 0 Å². The van der Waals surface area contributed by atoms with E-state index in [4.69, 9.17) is 33.0 Å². The van der Waals surface area contributed by atoms with Gasteiger partial charge in [-0.1, -0.05) is 41.1 Å². The first-order chi connectivity index (χ1) is 10.1. The van der Waals surface area contributed by atoms with Crippen LogP contribution in [0.15, 0.2) is 36.4 Å². The first-order valence-corrected chi connectivity index (χ1v) is 6.82. The van der Waals surface area contributed by atoms with Gasteiger partial charge in [-0.05, 0) is 24.3 Å². The molecule has 2 rings (SSSR count). The van der Waals surface area contributed by atoms with E-state index < -0.39 is 5.82 Å². The average molecular weight is 325 g/mol. The van der Waals surface area contributed by atoms with Crippen molar-refractivity contribution in [3.05, 3.63) is 63.4 Å². The highest BCUT2D eigenvalue weighted by atomic mass is 35.5. The molecule has 0 radical (unpaired) electrons. The van der Waals surface area contributed by atoms with Crippen LogP contribution < -0.4 is 4.74 Å². The van der Waals surface area contributed by atoms with E-state index in [1.165, 1.54) is 12.1 Å². The number of halogens is 3. The van der Waals surface area contributed by atoms with Crippen molar-refractivity contribution in [2.24, 2.45) is 0 Å². The van der Waals surface area contributed by atoms with Gasteiger partial charge in [-0.3, -0.25) is 0 Å². The van der Waals surface area contributed by atoms with Crippen LogP contribution in [0.5, 0.6) is 5.75 Å². The normalized spacial score (nSPS) is 9.90. The average Bonchev–Trinajstić information content (AvgIpc) is 2.45. The minimum absolute atomic E-state index is 0.205. The van der Waals surface area contributed by atoms with Gasteiger partial charge in [0.1, 0.15) is 24.8 Å². The lowest BCUT2D eigenvalue weighted by Crippen LogP contribution is -1.97. The zero-order chi connectivity index (χ0) is 15.2. The van der Waals surface area contributed by atoms with Crippen molar-refractivity contribution in [1.82, 2.24) is 0 Å². The van der Waals surface area contributed by atoms with Crippen LogP contribution in [0.3, 0.4) is 0 Å². The third-order valence-corrected chi connectivity index (χ3v) is 3.24. The monoisotopic (exact) mass is 324 g/mol. The minimum atomic E-state index is -0.504. The van der Waals surface area contributed by atoms with Gasteiger partial charge in [0, 0.05) is 21.7 Å². The summed E-state index contributed by atoms with van der Waals surface area (Å²) in [6, 6.07) is 9.43. The summed E-state index contributed by atoms with van der Waals surface area (Å²) in [7, 11) is 0. The highest BCUT2D eigenvalue weighted by Crippen LogP contribution is 2.23. The molecule has 108 valence electrons. The number of rotatable bonds is 3. The van der Waals surface area contributed by atoms with Crippen molar-refractivity contribution < 1.29 is 14.2 Å². The summed E-state index contributed by atoms with van der Waals surface area (Å²) >= 11 is 11.8. The Bertz CT molecular complexity index is 705. The molecular weight excluding hydrogens is 314 g/mol. The fourth-order valence-electron chi connectivity index (χ4n) is 1.62. The van der Waals surface area contributed by atoms with Crippen molar-refractivity contribution in [3.8, 4) is 17.6 Å². The van der Waals surface area contributed by atoms with Gasteiger partial charge in [-0.2, -0.15) is 0 Å². The van der Waals surface area contributed by atoms with Crippen LogP contribution in [0.1, 0.15) is 11.1 Å². The van der Waals surface area contributed by atoms with Crippen LogP contribution in [0.25, 0.3) is 0 Å². The molecule has 5 heteroatoms. The van der Waals surface area contributed by atoms with Gasteiger partial charge in [-0.15, -0.1) is 0 Å². The van der Waals surface area contributed by atoms with E-state index in [-0.39, 0.29) is 18.8 Å². The molecule has 0 saturated heterocycles. The van der Waals surface area contributed by atoms with E-state index in [9.17, 15) is 4.39 Å². The lowest BCUT2D eigenvalue weighted by molar-refractivity contribution is 0.304. The second-order valence-corrected chi connectivity index (χ2v) is 4.97. The molecule has 0 heterocycles. The summed E-state index contributed by atoms with van der Waals surface area (Å²) in [6.07, 6.45) is 0. The predicted octanol–water partition coefficient (Wildman–Crippen LogP) is 4.06. The Morgan fingerprint density at radius 3 is 2.62 bits per heavy atom. The van der Waals surface area contributed by atoms with Crippen LogP contribution in [-0.2, 0) is 6.61 Å².